The van der Waals surface area contributed by atoms with Gasteiger partial charge in [0.2, 0.25) is 0 Å². The first kappa shape index (κ1) is 20.4. The molecule has 2 aromatic heterocycles. The second-order valence-electron chi connectivity index (χ2n) is 7.62. The largest absolute Gasteiger partial charge is 0.444 e. The second-order valence-corrected chi connectivity index (χ2v) is 8.54. The van der Waals surface area contributed by atoms with Crippen molar-refractivity contribution in [2.45, 2.75) is 53.3 Å². The molecular weight excluding hydrogens is 422 g/mol. The first-order valence-corrected chi connectivity index (χ1v) is 10.2. The Bertz CT molecular complexity index is 1040. The number of nitrogens with zero attached hydrogens (tertiary/aromatic N) is 4. The summed E-state index contributed by atoms with van der Waals surface area (Å²) in [6, 6.07) is 5.93. The fourth-order valence-electron chi connectivity index (χ4n) is 3.20. The zero-order chi connectivity index (χ0) is 20.6. The number of fused-ring (bicyclic) bond motifs is 3. The maximum Gasteiger partial charge on any atom is 0.410 e. The Morgan fingerprint density at radius 1 is 1.29 bits per heavy atom. The van der Waals surface area contributed by atoms with Gasteiger partial charge in [-0.1, -0.05) is 15.9 Å². The molecule has 0 atom stereocenters. The van der Waals surface area contributed by atoms with E-state index >= 15 is 0 Å². The van der Waals surface area contributed by atoms with Crippen LogP contribution in [0.2, 0.25) is 0 Å². The van der Waals surface area contributed by atoms with Crippen molar-refractivity contribution >= 4 is 49.8 Å². The van der Waals surface area contributed by atoms with Crippen molar-refractivity contribution in [2.75, 3.05) is 12.3 Å². The Morgan fingerprint density at radius 3 is 2.61 bits per heavy atom. The maximum absolute atomic E-state index is 12.6. The lowest BCUT2D eigenvalue weighted by Crippen LogP contribution is -2.37. The van der Waals surface area contributed by atoms with Crippen LogP contribution >= 0.6 is 15.9 Å². The number of hydrogen-bond donors (Lipinski definition) is 1. The number of amides is 1. The zero-order valence-electron chi connectivity index (χ0n) is 16.9. The minimum absolute atomic E-state index is 0.339. The van der Waals surface area contributed by atoms with Crippen LogP contribution in [0.1, 0.15) is 40.4 Å². The molecule has 0 unspecified atom stereocenters. The van der Waals surface area contributed by atoms with Gasteiger partial charge in [-0.3, -0.25) is 0 Å². The van der Waals surface area contributed by atoms with E-state index in [0.717, 1.165) is 26.7 Å². The van der Waals surface area contributed by atoms with Gasteiger partial charge in [-0.05, 0) is 52.8 Å². The summed E-state index contributed by atoms with van der Waals surface area (Å²) >= 11 is 3.48. The van der Waals surface area contributed by atoms with Gasteiger partial charge in [-0.2, -0.15) is 0 Å². The molecule has 3 rings (SSSR count). The number of pyridine rings is 1. The van der Waals surface area contributed by atoms with Gasteiger partial charge in [-0.15, -0.1) is 0 Å². The number of aryl methyl sites for hydroxylation is 1. The molecule has 8 heteroatoms. The summed E-state index contributed by atoms with van der Waals surface area (Å²) in [5.74, 6) is 1.14. The van der Waals surface area contributed by atoms with Crippen LogP contribution in [0.5, 0.6) is 0 Å². The summed E-state index contributed by atoms with van der Waals surface area (Å²) in [5.41, 5.74) is 8.06. The molecule has 0 aliphatic heterocycles. The highest BCUT2D eigenvalue weighted by molar-refractivity contribution is 9.10. The van der Waals surface area contributed by atoms with Crippen molar-refractivity contribution in [3.8, 4) is 0 Å². The first-order valence-electron chi connectivity index (χ1n) is 9.36. The normalized spacial score (nSPS) is 11.9. The highest BCUT2D eigenvalue weighted by Crippen LogP contribution is 2.31. The minimum atomic E-state index is -0.548. The molecule has 0 saturated heterocycles. The predicted molar refractivity (Wildman–Crippen MR) is 115 cm³/mol. The van der Waals surface area contributed by atoms with Crippen molar-refractivity contribution in [1.29, 1.82) is 0 Å². The van der Waals surface area contributed by atoms with Gasteiger partial charge in [0.1, 0.15) is 16.9 Å². The maximum atomic E-state index is 12.6. The van der Waals surface area contributed by atoms with Crippen LogP contribution in [-0.4, -0.2) is 37.7 Å². The number of hydrogen-bond acceptors (Lipinski definition) is 5. The molecule has 0 bridgehead atoms. The number of carbonyl (C=O) groups excluding carboxylic acids is 1. The van der Waals surface area contributed by atoms with Crippen LogP contribution in [0.4, 0.5) is 10.6 Å². The number of nitrogens with two attached hydrogens (primary N) is 1. The minimum Gasteiger partial charge on any atom is -0.444 e. The van der Waals surface area contributed by atoms with E-state index in [2.05, 4.69) is 32.4 Å². The summed E-state index contributed by atoms with van der Waals surface area (Å²) in [4.78, 5) is 23.4. The first-order chi connectivity index (χ1) is 13.1. The van der Waals surface area contributed by atoms with E-state index in [1.807, 2.05) is 45.9 Å². The van der Waals surface area contributed by atoms with Crippen molar-refractivity contribution in [3.05, 3.63) is 28.5 Å². The number of anilines is 1. The van der Waals surface area contributed by atoms with E-state index in [0.29, 0.717) is 31.0 Å². The molecule has 0 aliphatic rings. The fourth-order valence-corrected chi connectivity index (χ4v) is 3.54. The van der Waals surface area contributed by atoms with Crippen molar-refractivity contribution in [3.63, 3.8) is 0 Å². The van der Waals surface area contributed by atoms with Crippen LogP contribution < -0.4 is 5.73 Å². The molecule has 0 fully saturated rings. The van der Waals surface area contributed by atoms with Gasteiger partial charge in [0.15, 0.2) is 5.82 Å². The number of benzene rings is 1. The number of carbonyl (C=O) groups is 1. The highest BCUT2D eigenvalue weighted by Gasteiger charge is 2.24. The van der Waals surface area contributed by atoms with E-state index in [1.54, 1.807) is 4.90 Å². The quantitative estimate of drug-likeness (QED) is 0.625. The van der Waals surface area contributed by atoms with Gasteiger partial charge >= 0.3 is 6.09 Å². The third kappa shape index (κ3) is 3.92. The number of nitrogen functional groups attached to an aromatic ring is 1. The van der Waals surface area contributed by atoms with Crippen LogP contribution in [0.15, 0.2) is 22.7 Å². The van der Waals surface area contributed by atoms with E-state index in [-0.39, 0.29) is 6.09 Å². The Labute approximate surface area is 173 Å². The van der Waals surface area contributed by atoms with Gasteiger partial charge in [0, 0.05) is 22.9 Å². The summed E-state index contributed by atoms with van der Waals surface area (Å²) in [6.07, 6.45) is -0.357. The molecule has 2 heterocycles. The molecule has 1 aromatic carbocycles. The molecule has 0 aliphatic carbocycles. The molecule has 150 valence electrons. The third-order valence-electron chi connectivity index (χ3n) is 4.43. The Morgan fingerprint density at radius 2 is 2.00 bits per heavy atom. The summed E-state index contributed by atoms with van der Waals surface area (Å²) in [6.45, 7) is 11.1. The smallest absolute Gasteiger partial charge is 0.410 e. The van der Waals surface area contributed by atoms with E-state index in [4.69, 9.17) is 15.5 Å². The van der Waals surface area contributed by atoms with Gasteiger partial charge in [-0.25, -0.2) is 14.8 Å². The topological polar surface area (TPSA) is 86.3 Å². The molecule has 2 N–H and O–H groups in total. The second kappa shape index (κ2) is 7.58. The van der Waals surface area contributed by atoms with Gasteiger partial charge < -0.3 is 19.9 Å². The molecule has 7 nitrogen and oxygen atoms in total. The van der Waals surface area contributed by atoms with E-state index in [1.165, 1.54) is 0 Å². The molecule has 1 amide bonds. The average molecular weight is 448 g/mol. The summed E-state index contributed by atoms with van der Waals surface area (Å²) < 4.78 is 8.56. The molecular formula is C20H26BrN5O2. The molecule has 0 saturated carbocycles. The monoisotopic (exact) mass is 447 g/mol. The van der Waals surface area contributed by atoms with Crippen LogP contribution in [0.25, 0.3) is 21.9 Å². The Hall–Kier alpha value is -2.35. The van der Waals surface area contributed by atoms with E-state index in [9.17, 15) is 4.79 Å². The van der Waals surface area contributed by atoms with Crippen molar-refractivity contribution in [2.24, 2.45) is 0 Å². The molecule has 3 aromatic rings. The van der Waals surface area contributed by atoms with Crippen LogP contribution in [0.3, 0.4) is 0 Å². The SMILES string of the molecule is CCN(Cc1nc2c(N)nc3cc(Br)ccc3c2n1CC)C(=O)OC(C)(C)C. The van der Waals surface area contributed by atoms with Crippen LogP contribution in [-0.2, 0) is 17.8 Å². The molecule has 0 radical (unpaired) electrons. The lowest BCUT2D eigenvalue weighted by molar-refractivity contribution is 0.0238. The number of imidazole rings is 1. The zero-order valence-corrected chi connectivity index (χ0v) is 18.5. The predicted octanol–water partition coefficient (Wildman–Crippen LogP) is 4.71. The van der Waals surface area contributed by atoms with Crippen molar-refractivity contribution in [1.82, 2.24) is 19.4 Å². The number of halogens is 1. The average Bonchev–Trinajstić information content (AvgIpc) is 2.96. The van der Waals surface area contributed by atoms with Gasteiger partial charge in [0.05, 0.1) is 17.6 Å². The molecule has 28 heavy (non-hydrogen) atoms. The van der Waals surface area contributed by atoms with Crippen molar-refractivity contribution < 1.29 is 9.53 Å². The lowest BCUT2D eigenvalue weighted by atomic mass is 10.2. The standard InChI is InChI=1S/C20H26BrN5O2/c1-6-25(19(27)28-20(3,4)5)11-15-24-16-17(26(15)7-2)13-9-8-12(21)10-14(13)23-18(16)22/h8-10H,6-7,11H2,1-5H3,(H2,22,23). The number of aromatic nitrogens is 3. The van der Waals surface area contributed by atoms with Crippen LogP contribution in [0, 0.1) is 0 Å². The molecule has 0 spiro atoms. The Kier molecular flexibility index (Phi) is 5.52. The Balaban J connectivity index is 2.10. The fraction of sp³-hybridized carbons (Fsp3) is 0.450. The number of rotatable bonds is 4. The number of ether oxygens (including phenoxy) is 1. The lowest BCUT2D eigenvalue weighted by Gasteiger charge is -2.26. The third-order valence-corrected chi connectivity index (χ3v) is 4.92. The van der Waals surface area contributed by atoms with Gasteiger partial charge in [0.25, 0.3) is 0 Å². The van der Waals surface area contributed by atoms with E-state index < -0.39 is 5.60 Å². The highest BCUT2D eigenvalue weighted by atomic mass is 79.9. The summed E-state index contributed by atoms with van der Waals surface area (Å²) in [7, 11) is 0. The summed E-state index contributed by atoms with van der Waals surface area (Å²) in [5, 5.41) is 0.980.